The molecule has 0 fully saturated rings. The molecule has 1 unspecified atom stereocenters. The van der Waals surface area contributed by atoms with Gasteiger partial charge in [0.05, 0.1) is 12.4 Å². The van der Waals surface area contributed by atoms with Gasteiger partial charge in [0.1, 0.15) is 0 Å². The molecule has 0 radical (unpaired) electrons. The number of hydrogen-bond donors (Lipinski definition) is 2. The summed E-state index contributed by atoms with van der Waals surface area (Å²) in [6.45, 7) is 5.96. The first-order chi connectivity index (χ1) is 8.36. The number of aromatic nitrogens is 2. The Balaban J connectivity index is 2.62. The van der Waals surface area contributed by atoms with Gasteiger partial charge >= 0.3 is 0 Å². The van der Waals surface area contributed by atoms with Crippen LogP contribution in [-0.2, 0) is 10.0 Å². The molecule has 2 N–H and O–H groups in total. The van der Waals surface area contributed by atoms with Gasteiger partial charge in [-0.2, -0.15) is 0 Å². The summed E-state index contributed by atoms with van der Waals surface area (Å²) in [4.78, 5) is 3.88. The minimum Gasteiger partial charge on any atom is -0.393 e. The summed E-state index contributed by atoms with van der Waals surface area (Å²) in [7, 11) is -3.57. The summed E-state index contributed by atoms with van der Waals surface area (Å²) in [5.41, 5.74) is 0. The number of hydrogen-bond acceptors (Lipinski definition) is 4. The van der Waals surface area contributed by atoms with Crippen molar-refractivity contribution in [2.75, 3.05) is 6.54 Å². The quantitative estimate of drug-likeness (QED) is 0.774. The molecule has 1 heterocycles. The molecule has 104 valence electrons. The minimum atomic E-state index is -3.57. The number of rotatable bonds is 7. The Morgan fingerprint density at radius 2 is 2.17 bits per heavy atom. The average molecular weight is 275 g/mol. The third kappa shape index (κ3) is 4.08. The minimum absolute atomic E-state index is 0.0159. The number of aliphatic hydroxyl groups is 1. The molecule has 1 aromatic heterocycles. The largest absolute Gasteiger partial charge is 0.393 e. The predicted molar refractivity (Wildman–Crippen MR) is 68.7 cm³/mol. The van der Waals surface area contributed by atoms with E-state index in [9.17, 15) is 13.5 Å². The third-order valence-electron chi connectivity index (χ3n) is 2.69. The van der Waals surface area contributed by atoms with Gasteiger partial charge in [0, 0.05) is 18.8 Å². The fraction of sp³-hybridized carbons (Fsp3) is 0.727. The second-order valence-electron chi connectivity index (χ2n) is 4.50. The van der Waals surface area contributed by atoms with Crippen molar-refractivity contribution in [3.05, 3.63) is 12.5 Å². The second-order valence-corrected chi connectivity index (χ2v) is 6.22. The van der Waals surface area contributed by atoms with Crippen LogP contribution in [-0.4, -0.2) is 35.7 Å². The van der Waals surface area contributed by atoms with Crippen molar-refractivity contribution in [2.24, 2.45) is 0 Å². The topological polar surface area (TPSA) is 84.2 Å². The molecule has 0 aromatic carbocycles. The number of nitrogens with zero attached hydrogens (tertiary/aromatic N) is 2. The highest BCUT2D eigenvalue weighted by atomic mass is 32.2. The van der Waals surface area contributed by atoms with Crippen LogP contribution in [0.3, 0.4) is 0 Å². The van der Waals surface area contributed by atoms with Crippen LogP contribution in [0.1, 0.15) is 39.7 Å². The summed E-state index contributed by atoms with van der Waals surface area (Å²) in [5.74, 6) is 0. The smallest absolute Gasteiger partial charge is 0.259 e. The highest BCUT2D eigenvalue weighted by molar-refractivity contribution is 7.89. The molecule has 7 heteroatoms. The fourth-order valence-electron chi connectivity index (χ4n) is 1.38. The summed E-state index contributed by atoms with van der Waals surface area (Å²) < 4.78 is 27.9. The third-order valence-corrected chi connectivity index (χ3v) is 4.04. The lowest BCUT2D eigenvalue weighted by atomic mass is 10.2. The molecule has 0 aliphatic rings. The van der Waals surface area contributed by atoms with E-state index in [1.165, 1.54) is 12.5 Å². The normalized spacial score (nSPS) is 14.1. The van der Waals surface area contributed by atoms with Crippen LogP contribution in [0.4, 0.5) is 0 Å². The van der Waals surface area contributed by atoms with Gasteiger partial charge < -0.3 is 9.67 Å². The van der Waals surface area contributed by atoms with Crippen molar-refractivity contribution in [1.82, 2.24) is 14.3 Å². The molecule has 6 nitrogen and oxygen atoms in total. The van der Waals surface area contributed by atoms with Gasteiger partial charge in [0.2, 0.25) is 0 Å². The molecular weight excluding hydrogens is 254 g/mol. The maximum absolute atomic E-state index is 11.9. The lowest BCUT2D eigenvalue weighted by Crippen LogP contribution is -2.27. The van der Waals surface area contributed by atoms with Gasteiger partial charge in [-0.05, 0) is 26.7 Å². The molecular formula is C11H21N3O3S. The van der Waals surface area contributed by atoms with Crippen molar-refractivity contribution in [2.45, 2.75) is 50.8 Å². The Labute approximate surface area is 108 Å². The Morgan fingerprint density at radius 3 is 2.67 bits per heavy atom. The number of imidazole rings is 1. The zero-order valence-corrected chi connectivity index (χ0v) is 11.8. The highest BCUT2D eigenvalue weighted by Crippen LogP contribution is 2.10. The van der Waals surface area contributed by atoms with E-state index >= 15 is 0 Å². The first-order valence-electron chi connectivity index (χ1n) is 6.08. The molecule has 0 aliphatic carbocycles. The van der Waals surface area contributed by atoms with E-state index in [1.807, 2.05) is 20.8 Å². The zero-order valence-electron chi connectivity index (χ0n) is 11.0. The first kappa shape index (κ1) is 15.1. The lowest BCUT2D eigenvalue weighted by Gasteiger charge is -2.08. The standard InChI is InChI=1S/C11H21N3O3S/c1-4-10(15)5-6-13-18(16,17)11-7-14(8-12-11)9(2)3/h7-10,13,15H,4-6H2,1-3H3. The maximum Gasteiger partial charge on any atom is 0.259 e. The lowest BCUT2D eigenvalue weighted by molar-refractivity contribution is 0.162. The molecule has 0 saturated carbocycles. The van der Waals surface area contributed by atoms with Crippen LogP contribution in [0.25, 0.3) is 0 Å². The van der Waals surface area contributed by atoms with E-state index in [1.54, 1.807) is 4.57 Å². The Hall–Kier alpha value is -0.920. The van der Waals surface area contributed by atoms with Gasteiger partial charge in [0.25, 0.3) is 10.0 Å². The van der Waals surface area contributed by atoms with Crippen molar-refractivity contribution >= 4 is 10.0 Å². The fourth-order valence-corrected chi connectivity index (χ4v) is 2.36. The van der Waals surface area contributed by atoms with Gasteiger partial charge in [-0.25, -0.2) is 18.1 Å². The molecule has 0 aliphatic heterocycles. The molecule has 0 amide bonds. The van der Waals surface area contributed by atoms with Crippen molar-refractivity contribution < 1.29 is 13.5 Å². The predicted octanol–water partition coefficient (Wildman–Crippen LogP) is 0.903. The van der Waals surface area contributed by atoms with Crippen LogP contribution in [0.15, 0.2) is 17.6 Å². The van der Waals surface area contributed by atoms with Crippen LogP contribution >= 0.6 is 0 Å². The van der Waals surface area contributed by atoms with Crippen LogP contribution in [0.5, 0.6) is 0 Å². The van der Waals surface area contributed by atoms with E-state index in [-0.39, 0.29) is 17.6 Å². The zero-order chi connectivity index (χ0) is 13.8. The van der Waals surface area contributed by atoms with E-state index < -0.39 is 16.1 Å². The number of nitrogens with one attached hydrogen (secondary N) is 1. The molecule has 0 bridgehead atoms. The molecule has 0 saturated heterocycles. The van der Waals surface area contributed by atoms with Crippen LogP contribution < -0.4 is 4.72 Å². The van der Waals surface area contributed by atoms with Crippen LogP contribution in [0.2, 0.25) is 0 Å². The van der Waals surface area contributed by atoms with Gasteiger partial charge in [-0.3, -0.25) is 0 Å². The van der Waals surface area contributed by atoms with Gasteiger partial charge in [-0.15, -0.1) is 0 Å². The molecule has 1 aromatic rings. The van der Waals surface area contributed by atoms with Crippen molar-refractivity contribution in [3.8, 4) is 0 Å². The monoisotopic (exact) mass is 275 g/mol. The number of sulfonamides is 1. The molecule has 1 atom stereocenters. The van der Waals surface area contributed by atoms with E-state index in [0.29, 0.717) is 12.8 Å². The highest BCUT2D eigenvalue weighted by Gasteiger charge is 2.17. The van der Waals surface area contributed by atoms with Gasteiger partial charge in [0.15, 0.2) is 5.03 Å². The Morgan fingerprint density at radius 1 is 1.50 bits per heavy atom. The summed E-state index contributed by atoms with van der Waals surface area (Å²) in [5, 5.41) is 9.36. The van der Waals surface area contributed by atoms with E-state index in [2.05, 4.69) is 9.71 Å². The average Bonchev–Trinajstić information content (AvgIpc) is 2.78. The summed E-state index contributed by atoms with van der Waals surface area (Å²) in [6, 6.07) is 0.170. The summed E-state index contributed by atoms with van der Waals surface area (Å²) >= 11 is 0. The van der Waals surface area contributed by atoms with E-state index in [4.69, 9.17) is 0 Å². The maximum atomic E-state index is 11.9. The molecule has 1 rings (SSSR count). The van der Waals surface area contributed by atoms with E-state index in [0.717, 1.165) is 0 Å². The van der Waals surface area contributed by atoms with Gasteiger partial charge in [-0.1, -0.05) is 6.92 Å². The molecule has 18 heavy (non-hydrogen) atoms. The number of aliphatic hydroxyl groups excluding tert-OH is 1. The van der Waals surface area contributed by atoms with Crippen LogP contribution in [0, 0.1) is 0 Å². The first-order valence-corrected chi connectivity index (χ1v) is 7.56. The summed E-state index contributed by atoms with van der Waals surface area (Å²) in [6.07, 6.45) is 3.55. The SMILES string of the molecule is CCC(O)CCNS(=O)(=O)c1cn(C(C)C)cn1. The molecule has 0 spiro atoms. The Bertz CT molecular complexity index is 468. The van der Waals surface area contributed by atoms with Crippen molar-refractivity contribution in [3.63, 3.8) is 0 Å². The Kier molecular flexibility index (Phi) is 5.30. The van der Waals surface area contributed by atoms with Crippen molar-refractivity contribution in [1.29, 1.82) is 0 Å². The second kappa shape index (κ2) is 6.31.